The Labute approximate surface area is 151 Å². The Morgan fingerprint density at radius 2 is 1.73 bits per heavy atom. The second kappa shape index (κ2) is 8.12. The van der Waals surface area contributed by atoms with E-state index in [2.05, 4.69) is 13.8 Å². The van der Waals surface area contributed by atoms with Crippen LogP contribution in [0.1, 0.15) is 38.2 Å². The lowest BCUT2D eigenvalue weighted by Gasteiger charge is -2.14. The van der Waals surface area contributed by atoms with Crippen molar-refractivity contribution in [1.29, 1.82) is 0 Å². The van der Waals surface area contributed by atoms with Crippen molar-refractivity contribution >= 4 is 10.1 Å². The summed E-state index contributed by atoms with van der Waals surface area (Å²) in [6, 6.07) is 14.3. The van der Waals surface area contributed by atoms with Crippen LogP contribution in [-0.4, -0.2) is 20.3 Å². The molecule has 0 aromatic heterocycles. The van der Waals surface area contributed by atoms with Crippen LogP contribution >= 0.6 is 0 Å². The molecule has 0 amide bonds. The summed E-state index contributed by atoms with van der Waals surface area (Å²) in [6.07, 6.45) is -6.06. The van der Waals surface area contributed by atoms with E-state index in [0.29, 0.717) is 0 Å². The molecule has 0 fully saturated rings. The Morgan fingerprint density at radius 1 is 1.04 bits per heavy atom. The van der Waals surface area contributed by atoms with Crippen molar-refractivity contribution in [2.75, 3.05) is 5.75 Å². The van der Waals surface area contributed by atoms with E-state index in [-0.39, 0.29) is 11.7 Å². The maximum Gasteiger partial charge on any atom is 0.389 e. The molecule has 2 rings (SSSR count). The number of hydrogen-bond acceptors (Lipinski definition) is 3. The Kier molecular flexibility index (Phi) is 6.34. The van der Waals surface area contributed by atoms with Crippen LogP contribution in [0.15, 0.2) is 48.5 Å². The fourth-order valence-corrected chi connectivity index (χ4v) is 3.59. The number of rotatable bonds is 7. The van der Waals surface area contributed by atoms with Crippen LogP contribution < -0.4 is 4.18 Å². The third kappa shape index (κ3) is 6.05. The summed E-state index contributed by atoms with van der Waals surface area (Å²) in [7, 11) is -4.08. The fraction of sp³-hybridized carbons (Fsp3) is 0.368. The van der Waals surface area contributed by atoms with Crippen LogP contribution in [-0.2, 0) is 10.1 Å². The van der Waals surface area contributed by atoms with Crippen molar-refractivity contribution in [3.63, 3.8) is 0 Å². The van der Waals surface area contributed by atoms with Crippen LogP contribution in [0, 0.1) is 0 Å². The van der Waals surface area contributed by atoms with Gasteiger partial charge in [-0.05, 0) is 41.2 Å². The summed E-state index contributed by atoms with van der Waals surface area (Å²) >= 11 is 0. The molecule has 0 bridgehead atoms. The molecule has 26 heavy (non-hydrogen) atoms. The van der Waals surface area contributed by atoms with E-state index >= 15 is 0 Å². The summed E-state index contributed by atoms with van der Waals surface area (Å²) in [4.78, 5) is 0. The van der Waals surface area contributed by atoms with Gasteiger partial charge in [-0.2, -0.15) is 21.6 Å². The van der Waals surface area contributed by atoms with Gasteiger partial charge >= 0.3 is 16.3 Å². The molecule has 0 saturated carbocycles. The van der Waals surface area contributed by atoms with E-state index < -0.39 is 34.9 Å². The summed E-state index contributed by atoms with van der Waals surface area (Å²) in [6.45, 7) is 4.12. The first-order valence-electron chi connectivity index (χ1n) is 8.26. The molecule has 3 nitrogen and oxygen atoms in total. The average Bonchev–Trinajstić information content (AvgIpc) is 2.53. The Hall–Kier alpha value is -2.02. The SMILES string of the molecule is CC(C)c1ccccc1-c1cccc(OS(=O)(=O)CCCC(F)(F)F)c1. The highest BCUT2D eigenvalue weighted by atomic mass is 32.2. The third-order valence-corrected chi connectivity index (χ3v) is 5.04. The monoisotopic (exact) mass is 386 g/mol. The second-order valence-electron chi connectivity index (χ2n) is 6.33. The maximum absolute atomic E-state index is 12.2. The van der Waals surface area contributed by atoms with Gasteiger partial charge in [0.15, 0.2) is 0 Å². The summed E-state index contributed by atoms with van der Waals surface area (Å²) in [5.41, 5.74) is 2.86. The lowest BCUT2D eigenvalue weighted by atomic mass is 9.93. The van der Waals surface area contributed by atoms with E-state index in [9.17, 15) is 21.6 Å². The zero-order valence-electron chi connectivity index (χ0n) is 14.6. The molecule has 0 heterocycles. The third-order valence-electron chi connectivity index (χ3n) is 3.81. The molecule has 0 N–H and O–H groups in total. The first-order chi connectivity index (χ1) is 12.1. The van der Waals surface area contributed by atoms with E-state index in [1.165, 1.54) is 6.07 Å². The lowest BCUT2D eigenvalue weighted by Crippen LogP contribution is -2.16. The normalized spacial score (nSPS) is 12.4. The molecule has 2 aromatic carbocycles. The zero-order valence-corrected chi connectivity index (χ0v) is 15.4. The van der Waals surface area contributed by atoms with Crippen molar-refractivity contribution in [2.45, 2.75) is 38.8 Å². The molecule has 142 valence electrons. The van der Waals surface area contributed by atoms with Gasteiger partial charge in [-0.25, -0.2) is 0 Å². The molecule has 0 atom stereocenters. The minimum absolute atomic E-state index is 0.0908. The molecule has 0 saturated heterocycles. The molecule has 0 aliphatic rings. The molecule has 0 unspecified atom stereocenters. The predicted molar refractivity (Wildman–Crippen MR) is 95.7 cm³/mol. The standard InChI is InChI=1S/C19H21F3O3S/c1-14(2)17-9-3-4-10-18(17)15-7-5-8-16(13-15)25-26(23,24)12-6-11-19(20,21)22/h3-5,7-10,13-14H,6,11-12H2,1-2H3. The van der Waals surface area contributed by atoms with E-state index in [1.807, 2.05) is 30.3 Å². The maximum atomic E-state index is 12.2. The summed E-state index contributed by atoms with van der Waals surface area (Å²) in [5, 5.41) is 0. The Morgan fingerprint density at radius 3 is 2.38 bits per heavy atom. The average molecular weight is 386 g/mol. The largest absolute Gasteiger partial charge is 0.389 e. The van der Waals surface area contributed by atoms with Gasteiger partial charge in [-0.1, -0.05) is 50.2 Å². The van der Waals surface area contributed by atoms with Gasteiger partial charge in [0, 0.05) is 6.42 Å². The first kappa shape index (κ1) is 20.3. The topological polar surface area (TPSA) is 43.4 Å². The molecule has 7 heteroatoms. The van der Waals surface area contributed by atoms with Gasteiger partial charge in [-0.3, -0.25) is 0 Å². The predicted octanol–water partition coefficient (Wildman–Crippen LogP) is 5.53. The fourth-order valence-electron chi connectivity index (χ4n) is 2.62. The molecule has 0 aliphatic heterocycles. The van der Waals surface area contributed by atoms with Crippen LogP contribution in [0.25, 0.3) is 11.1 Å². The van der Waals surface area contributed by atoms with Crippen LogP contribution in [0.5, 0.6) is 5.75 Å². The van der Waals surface area contributed by atoms with Gasteiger partial charge in [-0.15, -0.1) is 0 Å². The highest BCUT2D eigenvalue weighted by molar-refractivity contribution is 7.87. The summed E-state index contributed by atoms with van der Waals surface area (Å²) < 4.78 is 65.3. The van der Waals surface area contributed by atoms with Crippen molar-refractivity contribution in [3.8, 4) is 16.9 Å². The highest BCUT2D eigenvalue weighted by Crippen LogP contribution is 2.31. The van der Waals surface area contributed by atoms with Crippen LogP contribution in [0.3, 0.4) is 0 Å². The summed E-state index contributed by atoms with van der Waals surface area (Å²) in [5.74, 6) is -0.311. The van der Waals surface area contributed by atoms with Crippen molar-refractivity contribution in [2.24, 2.45) is 0 Å². The number of hydrogen-bond donors (Lipinski definition) is 0. The molecular formula is C19H21F3O3S. The van der Waals surface area contributed by atoms with E-state index in [1.54, 1.807) is 12.1 Å². The van der Waals surface area contributed by atoms with Crippen LogP contribution in [0.4, 0.5) is 13.2 Å². The van der Waals surface area contributed by atoms with Crippen LogP contribution in [0.2, 0.25) is 0 Å². The van der Waals surface area contributed by atoms with E-state index in [4.69, 9.17) is 4.18 Å². The van der Waals surface area contributed by atoms with Gasteiger partial charge in [0.25, 0.3) is 0 Å². The smallest absolute Gasteiger partial charge is 0.382 e. The minimum Gasteiger partial charge on any atom is -0.382 e. The van der Waals surface area contributed by atoms with Gasteiger partial charge in [0.1, 0.15) is 5.75 Å². The van der Waals surface area contributed by atoms with Crippen molar-refractivity contribution < 1.29 is 25.8 Å². The van der Waals surface area contributed by atoms with Gasteiger partial charge in [0.2, 0.25) is 0 Å². The zero-order chi connectivity index (χ0) is 19.4. The number of halogens is 3. The molecule has 0 radical (unpaired) electrons. The quantitative estimate of drug-likeness (QED) is 0.588. The number of alkyl halides is 3. The lowest BCUT2D eigenvalue weighted by molar-refractivity contribution is -0.134. The molecular weight excluding hydrogens is 365 g/mol. The highest BCUT2D eigenvalue weighted by Gasteiger charge is 2.27. The molecule has 2 aromatic rings. The van der Waals surface area contributed by atoms with Crippen molar-refractivity contribution in [1.82, 2.24) is 0 Å². The minimum atomic E-state index is -4.38. The van der Waals surface area contributed by atoms with E-state index in [0.717, 1.165) is 16.7 Å². The number of benzene rings is 2. The van der Waals surface area contributed by atoms with Crippen molar-refractivity contribution in [3.05, 3.63) is 54.1 Å². The Balaban J connectivity index is 2.17. The van der Waals surface area contributed by atoms with Gasteiger partial charge < -0.3 is 4.18 Å². The molecule has 0 aliphatic carbocycles. The van der Waals surface area contributed by atoms with Gasteiger partial charge in [0.05, 0.1) is 5.75 Å². The second-order valence-corrected chi connectivity index (χ2v) is 8.02. The first-order valence-corrected chi connectivity index (χ1v) is 9.83. The Bertz CT molecular complexity index is 843. The molecule has 0 spiro atoms.